The van der Waals surface area contributed by atoms with Crippen LogP contribution in [0.4, 0.5) is 4.39 Å². The smallest absolute Gasteiger partial charge is 0.256 e. The van der Waals surface area contributed by atoms with E-state index in [4.69, 9.17) is 0 Å². The fraction of sp³-hybridized carbons (Fsp3) is 0.300. The predicted octanol–water partition coefficient (Wildman–Crippen LogP) is 1.90. The van der Waals surface area contributed by atoms with Crippen molar-refractivity contribution in [1.82, 2.24) is 15.1 Å². The second-order valence-electron chi connectivity index (χ2n) is 6.31. The van der Waals surface area contributed by atoms with Gasteiger partial charge in [0, 0.05) is 32.7 Å². The Balaban J connectivity index is 1.44. The average molecular weight is 355 g/mol. The first-order valence-electron chi connectivity index (χ1n) is 8.70. The zero-order valence-electron chi connectivity index (χ0n) is 14.5. The van der Waals surface area contributed by atoms with Crippen LogP contribution in [0.5, 0.6) is 0 Å². The Morgan fingerprint density at radius 2 is 1.58 bits per heavy atom. The van der Waals surface area contributed by atoms with Crippen molar-refractivity contribution in [1.29, 1.82) is 0 Å². The zero-order valence-corrected chi connectivity index (χ0v) is 14.5. The molecule has 1 N–H and O–H groups in total. The molecule has 1 aliphatic heterocycles. The monoisotopic (exact) mass is 355 g/mol. The lowest BCUT2D eigenvalue weighted by molar-refractivity contribution is -0.122. The van der Waals surface area contributed by atoms with Crippen LogP contribution < -0.4 is 5.32 Å². The molecule has 2 amide bonds. The van der Waals surface area contributed by atoms with E-state index in [-0.39, 0.29) is 17.4 Å². The third-order valence-electron chi connectivity index (χ3n) is 4.46. The number of carbonyl (C=O) groups excluding carboxylic acids is 2. The maximum Gasteiger partial charge on any atom is 0.256 e. The molecule has 0 aliphatic carbocycles. The highest BCUT2D eigenvalue weighted by Gasteiger charge is 2.24. The fourth-order valence-electron chi connectivity index (χ4n) is 2.97. The van der Waals surface area contributed by atoms with Gasteiger partial charge < -0.3 is 10.2 Å². The molecule has 2 aromatic rings. The summed E-state index contributed by atoms with van der Waals surface area (Å²) in [6, 6.07) is 15.8. The Labute approximate surface area is 152 Å². The number of amides is 2. The fourth-order valence-corrected chi connectivity index (χ4v) is 2.97. The van der Waals surface area contributed by atoms with Crippen LogP contribution in [0.3, 0.4) is 0 Å². The largest absolute Gasteiger partial charge is 0.351 e. The Morgan fingerprint density at radius 1 is 0.923 bits per heavy atom. The molecular weight excluding hydrogens is 333 g/mol. The third kappa shape index (κ3) is 4.67. The van der Waals surface area contributed by atoms with Gasteiger partial charge in [-0.1, -0.05) is 42.5 Å². The molecule has 0 atom stereocenters. The summed E-state index contributed by atoms with van der Waals surface area (Å²) in [4.78, 5) is 28.1. The van der Waals surface area contributed by atoms with Crippen molar-refractivity contribution in [2.75, 3.05) is 32.7 Å². The van der Waals surface area contributed by atoms with Crippen LogP contribution in [-0.4, -0.2) is 54.3 Å². The Kier molecular flexibility index (Phi) is 5.96. The van der Waals surface area contributed by atoms with Gasteiger partial charge in [-0.15, -0.1) is 0 Å². The molecule has 3 rings (SSSR count). The number of hydrogen-bond acceptors (Lipinski definition) is 3. The highest BCUT2D eigenvalue weighted by molar-refractivity contribution is 5.94. The summed E-state index contributed by atoms with van der Waals surface area (Å²) in [5.74, 6) is -0.834. The number of piperazine rings is 1. The van der Waals surface area contributed by atoms with E-state index in [1.165, 1.54) is 12.1 Å². The van der Waals surface area contributed by atoms with Gasteiger partial charge in [0.2, 0.25) is 5.91 Å². The molecule has 136 valence electrons. The van der Waals surface area contributed by atoms with E-state index in [9.17, 15) is 14.0 Å². The SMILES string of the molecule is O=C(CN1CCN(C(=O)c2ccccc2F)CC1)NCc1ccccc1. The highest BCUT2D eigenvalue weighted by atomic mass is 19.1. The number of nitrogens with one attached hydrogen (secondary N) is 1. The Bertz CT molecular complexity index is 759. The minimum absolute atomic E-state index is 0.0391. The lowest BCUT2D eigenvalue weighted by Gasteiger charge is -2.34. The van der Waals surface area contributed by atoms with E-state index >= 15 is 0 Å². The number of rotatable bonds is 5. The van der Waals surface area contributed by atoms with Crippen LogP contribution in [0.25, 0.3) is 0 Å². The van der Waals surface area contributed by atoms with Crippen LogP contribution in [0, 0.1) is 5.82 Å². The molecule has 0 bridgehead atoms. The molecule has 2 aromatic carbocycles. The maximum absolute atomic E-state index is 13.8. The minimum atomic E-state index is -0.500. The summed E-state index contributed by atoms with van der Waals surface area (Å²) in [7, 11) is 0. The lowest BCUT2D eigenvalue weighted by atomic mass is 10.1. The molecule has 1 saturated heterocycles. The summed E-state index contributed by atoms with van der Waals surface area (Å²) >= 11 is 0. The quantitative estimate of drug-likeness (QED) is 0.891. The van der Waals surface area contributed by atoms with Gasteiger partial charge in [0.05, 0.1) is 12.1 Å². The van der Waals surface area contributed by atoms with Gasteiger partial charge in [0.1, 0.15) is 5.82 Å². The van der Waals surface area contributed by atoms with Crippen molar-refractivity contribution < 1.29 is 14.0 Å². The van der Waals surface area contributed by atoms with E-state index in [2.05, 4.69) is 5.32 Å². The summed E-state index contributed by atoms with van der Waals surface area (Å²) in [6.45, 7) is 2.97. The van der Waals surface area contributed by atoms with Crippen LogP contribution in [0.15, 0.2) is 54.6 Å². The van der Waals surface area contributed by atoms with Gasteiger partial charge in [0.15, 0.2) is 0 Å². The number of halogens is 1. The molecule has 26 heavy (non-hydrogen) atoms. The van der Waals surface area contributed by atoms with E-state index in [1.54, 1.807) is 17.0 Å². The van der Waals surface area contributed by atoms with E-state index in [0.717, 1.165) is 5.56 Å². The lowest BCUT2D eigenvalue weighted by Crippen LogP contribution is -2.51. The van der Waals surface area contributed by atoms with Crippen molar-refractivity contribution in [3.8, 4) is 0 Å². The molecule has 0 spiro atoms. The number of benzene rings is 2. The molecule has 0 saturated carbocycles. The summed E-state index contributed by atoms with van der Waals surface area (Å²) < 4.78 is 13.8. The summed E-state index contributed by atoms with van der Waals surface area (Å²) in [6.07, 6.45) is 0. The van der Waals surface area contributed by atoms with Crippen LogP contribution >= 0.6 is 0 Å². The Morgan fingerprint density at radius 3 is 2.27 bits per heavy atom. The second kappa shape index (κ2) is 8.58. The minimum Gasteiger partial charge on any atom is -0.351 e. The van der Waals surface area contributed by atoms with Gasteiger partial charge >= 0.3 is 0 Å². The van der Waals surface area contributed by atoms with Gasteiger partial charge in [-0.25, -0.2) is 4.39 Å². The molecule has 5 nitrogen and oxygen atoms in total. The molecular formula is C20H22FN3O2. The molecule has 1 heterocycles. The van der Waals surface area contributed by atoms with Crippen molar-refractivity contribution in [2.45, 2.75) is 6.54 Å². The average Bonchev–Trinajstić information content (AvgIpc) is 2.68. The molecule has 0 unspecified atom stereocenters. The summed E-state index contributed by atoms with van der Waals surface area (Å²) in [5, 5.41) is 2.90. The second-order valence-corrected chi connectivity index (χ2v) is 6.31. The first kappa shape index (κ1) is 18.1. The van der Waals surface area contributed by atoms with Crippen molar-refractivity contribution >= 4 is 11.8 Å². The van der Waals surface area contributed by atoms with E-state index in [0.29, 0.717) is 39.3 Å². The van der Waals surface area contributed by atoms with Crippen molar-refractivity contribution in [3.63, 3.8) is 0 Å². The standard InChI is InChI=1S/C20H22FN3O2/c21-18-9-5-4-8-17(18)20(26)24-12-10-23(11-13-24)15-19(25)22-14-16-6-2-1-3-7-16/h1-9H,10-15H2,(H,22,25). The Hall–Kier alpha value is -2.73. The predicted molar refractivity (Wildman–Crippen MR) is 97.0 cm³/mol. The van der Waals surface area contributed by atoms with Gasteiger partial charge in [0.25, 0.3) is 5.91 Å². The number of carbonyl (C=O) groups is 2. The first-order valence-corrected chi connectivity index (χ1v) is 8.70. The zero-order chi connectivity index (χ0) is 18.4. The van der Waals surface area contributed by atoms with Gasteiger partial charge in [-0.2, -0.15) is 0 Å². The van der Waals surface area contributed by atoms with Crippen LogP contribution in [0.1, 0.15) is 15.9 Å². The third-order valence-corrected chi connectivity index (χ3v) is 4.46. The first-order chi connectivity index (χ1) is 12.6. The molecule has 0 radical (unpaired) electrons. The normalized spacial score (nSPS) is 14.9. The highest BCUT2D eigenvalue weighted by Crippen LogP contribution is 2.12. The maximum atomic E-state index is 13.8. The van der Waals surface area contributed by atoms with Crippen LogP contribution in [-0.2, 0) is 11.3 Å². The van der Waals surface area contributed by atoms with Crippen LogP contribution in [0.2, 0.25) is 0 Å². The van der Waals surface area contributed by atoms with E-state index < -0.39 is 5.82 Å². The van der Waals surface area contributed by atoms with Crippen molar-refractivity contribution in [2.24, 2.45) is 0 Å². The molecule has 0 aromatic heterocycles. The van der Waals surface area contributed by atoms with Gasteiger partial charge in [-0.3, -0.25) is 14.5 Å². The number of hydrogen-bond donors (Lipinski definition) is 1. The van der Waals surface area contributed by atoms with E-state index in [1.807, 2.05) is 35.2 Å². The summed E-state index contributed by atoms with van der Waals surface area (Å²) in [5.41, 5.74) is 1.16. The molecule has 6 heteroatoms. The van der Waals surface area contributed by atoms with Gasteiger partial charge in [-0.05, 0) is 17.7 Å². The molecule has 1 fully saturated rings. The molecule has 1 aliphatic rings. The topological polar surface area (TPSA) is 52.7 Å². The van der Waals surface area contributed by atoms with Crippen molar-refractivity contribution in [3.05, 3.63) is 71.5 Å². The number of nitrogens with zero attached hydrogens (tertiary/aromatic N) is 2.